The lowest BCUT2D eigenvalue weighted by molar-refractivity contribution is 0.112. The molecule has 0 amide bonds. The second-order valence-corrected chi connectivity index (χ2v) is 4.64. The number of aromatic nitrogens is 1. The van der Waals surface area contributed by atoms with Gasteiger partial charge in [0.15, 0.2) is 6.29 Å². The van der Waals surface area contributed by atoms with Crippen molar-refractivity contribution in [3.8, 4) is 0 Å². The van der Waals surface area contributed by atoms with Crippen molar-refractivity contribution in [3.05, 3.63) is 23.0 Å². The number of likely N-dealkylation sites (tertiary alicyclic amines) is 1. The first-order valence-corrected chi connectivity index (χ1v) is 6.06. The third-order valence-corrected chi connectivity index (χ3v) is 3.58. The average molecular weight is 220 g/mol. The fraction of sp³-hybridized carbons (Fsp3) is 0.615. The van der Waals surface area contributed by atoms with Crippen LogP contribution >= 0.6 is 0 Å². The molecule has 1 aromatic heterocycles. The summed E-state index contributed by atoms with van der Waals surface area (Å²) in [6.45, 7) is 8.69. The molecule has 0 radical (unpaired) electrons. The summed E-state index contributed by atoms with van der Waals surface area (Å²) in [6, 6.07) is 1.98. The van der Waals surface area contributed by atoms with Gasteiger partial charge in [-0.15, -0.1) is 0 Å². The van der Waals surface area contributed by atoms with E-state index in [9.17, 15) is 4.79 Å². The predicted molar refractivity (Wildman–Crippen MR) is 65.0 cm³/mol. The number of hydrogen-bond acceptors (Lipinski definition) is 2. The summed E-state index contributed by atoms with van der Waals surface area (Å²) in [6.07, 6.45) is 3.63. The van der Waals surface area contributed by atoms with Gasteiger partial charge in [0.2, 0.25) is 0 Å². The zero-order chi connectivity index (χ0) is 11.5. The van der Waals surface area contributed by atoms with Crippen molar-refractivity contribution in [2.24, 2.45) is 0 Å². The second kappa shape index (κ2) is 4.83. The molecule has 88 valence electrons. The highest BCUT2D eigenvalue weighted by atomic mass is 16.1. The van der Waals surface area contributed by atoms with E-state index in [4.69, 9.17) is 0 Å². The topological polar surface area (TPSA) is 25.2 Å². The van der Waals surface area contributed by atoms with E-state index in [1.54, 1.807) is 0 Å². The van der Waals surface area contributed by atoms with Crippen molar-refractivity contribution in [1.82, 2.24) is 9.47 Å². The summed E-state index contributed by atoms with van der Waals surface area (Å²) in [7, 11) is 0. The highest BCUT2D eigenvalue weighted by Crippen LogP contribution is 2.14. The number of hydrogen-bond donors (Lipinski definition) is 0. The summed E-state index contributed by atoms with van der Waals surface area (Å²) < 4.78 is 2.25. The van der Waals surface area contributed by atoms with E-state index >= 15 is 0 Å². The fourth-order valence-electron chi connectivity index (χ4n) is 2.54. The smallest absolute Gasteiger partial charge is 0.151 e. The van der Waals surface area contributed by atoms with E-state index in [0.29, 0.717) is 0 Å². The Morgan fingerprint density at radius 3 is 2.50 bits per heavy atom. The van der Waals surface area contributed by atoms with E-state index in [2.05, 4.69) is 16.4 Å². The highest BCUT2D eigenvalue weighted by Gasteiger charge is 2.13. The van der Waals surface area contributed by atoms with Crippen LogP contribution in [0.15, 0.2) is 6.07 Å². The van der Waals surface area contributed by atoms with Gasteiger partial charge in [-0.05, 0) is 45.8 Å². The van der Waals surface area contributed by atoms with Crippen LogP contribution < -0.4 is 0 Å². The summed E-state index contributed by atoms with van der Waals surface area (Å²) in [5.41, 5.74) is 3.13. The van der Waals surface area contributed by atoms with Crippen molar-refractivity contribution >= 4 is 6.29 Å². The number of carbonyl (C=O) groups excluding carboxylic acids is 1. The van der Waals surface area contributed by atoms with Gasteiger partial charge in [-0.2, -0.15) is 0 Å². The largest absolute Gasteiger partial charge is 0.347 e. The lowest BCUT2D eigenvalue weighted by Gasteiger charge is -2.17. The van der Waals surface area contributed by atoms with Crippen LogP contribution in [0.5, 0.6) is 0 Å². The van der Waals surface area contributed by atoms with Crippen LogP contribution in [0.4, 0.5) is 0 Å². The summed E-state index contributed by atoms with van der Waals surface area (Å²) in [5, 5.41) is 0. The SMILES string of the molecule is Cc1cc(C=O)c(C)n1CCN1CCCC1. The monoisotopic (exact) mass is 220 g/mol. The molecular formula is C13H20N2O. The van der Waals surface area contributed by atoms with Crippen LogP contribution in [0.2, 0.25) is 0 Å². The number of aryl methyl sites for hydroxylation is 1. The number of aldehydes is 1. The predicted octanol–water partition coefficient (Wildman–Crippen LogP) is 2.01. The lowest BCUT2D eigenvalue weighted by Crippen LogP contribution is -2.24. The molecule has 0 N–H and O–H groups in total. The van der Waals surface area contributed by atoms with Gasteiger partial charge < -0.3 is 9.47 Å². The van der Waals surface area contributed by atoms with Gasteiger partial charge in [-0.3, -0.25) is 4.79 Å². The number of rotatable bonds is 4. The van der Waals surface area contributed by atoms with Gasteiger partial charge in [0, 0.05) is 30.0 Å². The maximum Gasteiger partial charge on any atom is 0.151 e. The summed E-state index contributed by atoms with van der Waals surface area (Å²) in [4.78, 5) is 13.3. The Hall–Kier alpha value is -1.09. The Balaban J connectivity index is 2.02. The van der Waals surface area contributed by atoms with Gasteiger partial charge in [0.05, 0.1) is 0 Å². The highest BCUT2D eigenvalue weighted by molar-refractivity contribution is 5.77. The first kappa shape index (κ1) is 11.4. The van der Waals surface area contributed by atoms with Gasteiger partial charge >= 0.3 is 0 Å². The van der Waals surface area contributed by atoms with Crippen LogP contribution in [-0.2, 0) is 6.54 Å². The molecule has 0 aromatic carbocycles. The molecule has 1 aliphatic heterocycles. The van der Waals surface area contributed by atoms with Crippen molar-refractivity contribution in [2.45, 2.75) is 33.2 Å². The van der Waals surface area contributed by atoms with Gasteiger partial charge in [-0.1, -0.05) is 0 Å². The molecule has 0 bridgehead atoms. The molecule has 0 spiro atoms. The molecule has 1 fully saturated rings. The molecule has 0 saturated carbocycles. The van der Waals surface area contributed by atoms with E-state index in [1.807, 2.05) is 13.0 Å². The maximum atomic E-state index is 10.8. The maximum absolute atomic E-state index is 10.8. The molecule has 1 saturated heterocycles. The van der Waals surface area contributed by atoms with Crippen LogP contribution in [0.3, 0.4) is 0 Å². The van der Waals surface area contributed by atoms with E-state index in [0.717, 1.165) is 30.6 Å². The normalized spacial score (nSPS) is 16.9. The quantitative estimate of drug-likeness (QED) is 0.725. The molecule has 3 heteroatoms. The van der Waals surface area contributed by atoms with E-state index in [1.165, 1.54) is 31.6 Å². The molecule has 2 heterocycles. The molecule has 2 rings (SSSR count). The van der Waals surface area contributed by atoms with E-state index < -0.39 is 0 Å². The second-order valence-electron chi connectivity index (χ2n) is 4.64. The van der Waals surface area contributed by atoms with E-state index in [-0.39, 0.29) is 0 Å². The van der Waals surface area contributed by atoms with Crippen molar-refractivity contribution < 1.29 is 4.79 Å². The molecule has 1 aliphatic rings. The summed E-state index contributed by atoms with van der Waals surface area (Å²) >= 11 is 0. The van der Waals surface area contributed by atoms with Crippen LogP contribution in [0.1, 0.15) is 34.6 Å². The zero-order valence-electron chi connectivity index (χ0n) is 10.2. The van der Waals surface area contributed by atoms with Crippen LogP contribution in [0.25, 0.3) is 0 Å². The summed E-state index contributed by atoms with van der Waals surface area (Å²) in [5.74, 6) is 0. The Kier molecular flexibility index (Phi) is 3.44. The van der Waals surface area contributed by atoms with Crippen molar-refractivity contribution in [3.63, 3.8) is 0 Å². The molecular weight excluding hydrogens is 200 g/mol. The lowest BCUT2D eigenvalue weighted by atomic mass is 10.3. The van der Waals surface area contributed by atoms with Gasteiger partial charge in [-0.25, -0.2) is 0 Å². The minimum Gasteiger partial charge on any atom is -0.347 e. The van der Waals surface area contributed by atoms with Crippen molar-refractivity contribution in [1.29, 1.82) is 0 Å². The Bertz CT molecular complexity index is 376. The molecule has 3 nitrogen and oxygen atoms in total. The Morgan fingerprint density at radius 1 is 1.25 bits per heavy atom. The molecule has 0 aliphatic carbocycles. The first-order chi connectivity index (χ1) is 7.72. The molecule has 0 unspecified atom stereocenters. The van der Waals surface area contributed by atoms with Crippen molar-refractivity contribution in [2.75, 3.05) is 19.6 Å². The Labute approximate surface area is 97.1 Å². The molecule has 1 aromatic rings. The van der Waals surface area contributed by atoms with Crippen LogP contribution in [-0.4, -0.2) is 35.4 Å². The number of carbonyl (C=O) groups is 1. The fourth-order valence-corrected chi connectivity index (χ4v) is 2.54. The van der Waals surface area contributed by atoms with Crippen LogP contribution in [0, 0.1) is 13.8 Å². The minimum atomic E-state index is 0.832. The number of nitrogens with zero attached hydrogens (tertiary/aromatic N) is 2. The van der Waals surface area contributed by atoms with Gasteiger partial charge in [0.1, 0.15) is 0 Å². The molecule has 16 heavy (non-hydrogen) atoms. The standard InChI is InChI=1S/C13H20N2O/c1-11-9-13(10-16)12(2)15(11)8-7-14-5-3-4-6-14/h9-10H,3-8H2,1-2H3. The first-order valence-electron chi connectivity index (χ1n) is 6.06. The zero-order valence-corrected chi connectivity index (χ0v) is 10.2. The third-order valence-electron chi connectivity index (χ3n) is 3.58. The molecule has 0 atom stereocenters. The Morgan fingerprint density at radius 2 is 1.94 bits per heavy atom. The minimum absolute atomic E-state index is 0.832. The average Bonchev–Trinajstić information content (AvgIpc) is 2.86. The van der Waals surface area contributed by atoms with Gasteiger partial charge in [0.25, 0.3) is 0 Å². The third kappa shape index (κ3) is 2.19.